The lowest BCUT2D eigenvalue weighted by Crippen LogP contribution is -2.53. The maximum Gasteiger partial charge on any atom is 0.253 e. The Kier molecular flexibility index (Phi) is 5.17. The summed E-state index contributed by atoms with van der Waals surface area (Å²) in [6, 6.07) is 7.16. The van der Waals surface area contributed by atoms with E-state index in [0.717, 1.165) is 45.4 Å². The molecular weight excluding hydrogens is 374 g/mol. The van der Waals surface area contributed by atoms with Crippen LogP contribution in [0.15, 0.2) is 24.3 Å². The molecule has 3 aliphatic rings. The van der Waals surface area contributed by atoms with E-state index in [9.17, 15) is 9.59 Å². The van der Waals surface area contributed by atoms with Crippen LogP contribution >= 0.6 is 11.6 Å². The summed E-state index contributed by atoms with van der Waals surface area (Å²) in [4.78, 5) is 30.3. The van der Waals surface area contributed by atoms with Crippen LogP contribution in [-0.4, -0.2) is 60.9 Å². The molecule has 28 heavy (non-hydrogen) atoms. The van der Waals surface area contributed by atoms with Gasteiger partial charge in [0.2, 0.25) is 5.91 Å². The Morgan fingerprint density at radius 1 is 1.21 bits per heavy atom. The van der Waals surface area contributed by atoms with Crippen LogP contribution in [0.4, 0.5) is 0 Å². The van der Waals surface area contributed by atoms with Crippen molar-refractivity contribution in [3.63, 3.8) is 0 Å². The fourth-order valence-electron chi connectivity index (χ4n) is 5.74. The number of carbonyl (C=O) groups is 2. The monoisotopic (exact) mass is 403 g/mol. The highest BCUT2D eigenvalue weighted by molar-refractivity contribution is 6.30. The summed E-state index contributed by atoms with van der Waals surface area (Å²) < 4.78 is 0. The normalized spacial score (nSPS) is 27.1. The summed E-state index contributed by atoms with van der Waals surface area (Å²) >= 11 is 6.06. The van der Waals surface area contributed by atoms with Gasteiger partial charge in [-0.25, -0.2) is 0 Å². The van der Waals surface area contributed by atoms with E-state index in [1.807, 2.05) is 17.0 Å². The average Bonchev–Trinajstić information content (AvgIpc) is 3.16. The molecule has 1 aromatic rings. The summed E-state index contributed by atoms with van der Waals surface area (Å²) in [5.41, 5.74) is 0.338. The molecule has 3 fully saturated rings. The average molecular weight is 404 g/mol. The Morgan fingerprint density at radius 2 is 1.96 bits per heavy atom. The summed E-state index contributed by atoms with van der Waals surface area (Å²) in [6.07, 6.45) is 2.70. The van der Waals surface area contributed by atoms with Crippen molar-refractivity contribution < 1.29 is 9.59 Å². The fraction of sp³-hybridized carbons (Fsp3) is 0.636. The molecular formula is C22H30ClN3O2. The highest BCUT2D eigenvalue weighted by atomic mass is 35.5. The third-order valence-corrected chi connectivity index (χ3v) is 7.24. The first-order chi connectivity index (χ1) is 13.4. The molecule has 0 aliphatic carbocycles. The quantitative estimate of drug-likeness (QED) is 0.843. The highest BCUT2D eigenvalue weighted by Gasteiger charge is 2.63. The lowest BCUT2D eigenvalue weighted by molar-refractivity contribution is -0.133. The van der Waals surface area contributed by atoms with E-state index in [1.165, 1.54) is 0 Å². The summed E-state index contributed by atoms with van der Waals surface area (Å²) in [5.74, 6) is 0.855. The van der Waals surface area contributed by atoms with E-state index >= 15 is 0 Å². The highest BCUT2D eigenvalue weighted by Crippen LogP contribution is 2.56. The van der Waals surface area contributed by atoms with Crippen molar-refractivity contribution in [2.75, 3.05) is 39.3 Å². The Bertz CT molecular complexity index is 773. The van der Waals surface area contributed by atoms with Crippen molar-refractivity contribution >= 4 is 23.4 Å². The molecule has 3 aliphatic heterocycles. The Hall–Kier alpha value is -1.59. The van der Waals surface area contributed by atoms with Crippen molar-refractivity contribution in [1.82, 2.24) is 15.1 Å². The third-order valence-electron chi connectivity index (χ3n) is 7.01. The van der Waals surface area contributed by atoms with Crippen LogP contribution in [-0.2, 0) is 4.79 Å². The molecule has 0 bridgehead atoms. The number of fused-ring (bicyclic) bond motifs is 1. The first-order valence-corrected chi connectivity index (χ1v) is 10.8. The van der Waals surface area contributed by atoms with Gasteiger partial charge < -0.3 is 15.1 Å². The third kappa shape index (κ3) is 3.22. The number of hydrogen-bond donors (Lipinski definition) is 1. The second kappa shape index (κ2) is 7.34. The molecule has 1 atom stereocenters. The Balaban J connectivity index is 1.52. The van der Waals surface area contributed by atoms with Crippen molar-refractivity contribution in [2.24, 2.45) is 16.7 Å². The molecule has 1 unspecified atom stereocenters. The standard InChI is InChI=1S/C22H30ClN3O2/c1-16(2)13-25-14-21(22(15-25)6-9-24-20(22)28)7-10-26(11-8-21)19(27)17-4-3-5-18(23)12-17/h3-5,12,16H,6-11,13-15H2,1-2H3,(H,24,28). The van der Waals surface area contributed by atoms with Gasteiger partial charge in [0, 0.05) is 55.3 Å². The Morgan fingerprint density at radius 3 is 2.57 bits per heavy atom. The van der Waals surface area contributed by atoms with E-state index in [1.54, 1.807) is 12.1 Å². The van der Waals surface area contributed by atoms with E-state index in [2.05, 4.69) is 24.1 Å². The summed E-state index contributed by atoms with van der Waals surface area (Å²) in [7, 11) is 0. The zero-order valence-corrected chi connectivity index (χ0v) is 17.6. The minimum atomic E-state index is -0.285. The molecule has 5 nitrogen and oxygen atoms in total. The van der Waals surface area contributed by atoms with Crippen molar-refractivity contribution in [3.8, 4) is 0 Å². The number of piperidine rings is 1. The first-order valence-electron chi connectivity index (χ1n) is 10.4. The minimum absolute atomic E-state index is 0.0203. The predicted molar refractivity (Wildman–Crippen MR) is 110 cm³/mol. The lowest BCUT2D eigenvalue weighted by Gasteiger charge is -2.46. The van der Waals surface area contributed by atoms with Crippen molar-refractivity contribution in [2.45, 2.75) is 33.1 Å². The maximum atomic E-state index is 12.9. The molecule has 0 aromatic heterocycles. The molecule has 6 heteroatoms. The first kappa shape index (κ1) is 19.7. The van der Waals surface area contributed by atoms with Crippen LogP contribution in [0, 0.1) is 16.7 Å². The predicted octanol–water partition coefficient (Wildman–Crippen LogP) is 3.04. The van der Waals surface area contributed by atoms with E-state index in [0.29, 0.717) is 29.6 Å². The number of nitrogens with zero attached hydrogens (tertiary/aromatic N) is 2. The SMILES string of the molecule is CC(C)CN1CC2(CCN(C(=O)c3cccc(Cl)c3)CC2)C2(CCNC2=O)C1. The van der Waals surface area contributed by atoms with Gasteiger partial charge in [-0.05, 0) is 43.4 Å². The number of hydrogen-bond acceptors (Lipinski definition) is 3. The molecule has 1 aromatic carbocycles. The number of nitrogens with one attached hydrogen (secondary N) is 1. The van der Waals surface area contributed by atoms with E-state index in [4.69, 9.17) is 11.6 Å². The van der Waals surface area contributed by atoms with Crippen LogP contribution < -0.4 is 5.32 Å². The second-order valence-electron chi connectivity index (χ2n) is 9.23. The van der Waals surface area contributed by atoms with E-state index < -0.39 is 0 Å². The molecule has 2 amide bonds. The topological polar surface area (TPSA) is 52.6 Å². The maximum absolute atomic E-state index is 12.9. The van der Waals surface area contributed by atoms with Crippen molar-refractivity contribution in [1.29, 1.82) is 0 Å². The molecule has 0 radical (unpaired) electrons. The fourth-order valence-corrected chi connectivity index (χ4v) is 5.93. The van der Waals surface area contributed by atoms with Gasteiger partial charge in [0.05, 0.1) is 5.41 Å². The smallest absolute Gasteiger partial charge is 0.253 e. The van der Waals surface area contributed by atoms with Crippen LogP contribution in [0.1, 0.15) is 43.5 Å². The number of rotatable bonds is 3. The van der Waals surface area contributed by atoms with Gasteiger partial charge in [-0.15, -0.1) is 0 Å². The van der Waals surface area contributed by atoms with E-state index in [-0.39, 0.29) is 22.6 Å². The molecule has 4 rings (SSSR count). The number of carbonyl (C=O) groups excluding carboxylic acids is 2. The molecule has 3 saturated heterocycles. The van der Waals surface area contributed by atoms with Crippen molar-refractivity contribution in [3.05, 3.63) is 34.9 Å². The zero-order chi connectivity index (χ0) is 19.9. The molecule has 0 saturated carbocycles. The lowest BCUT2D eigenvalue weighted by atomic mass is 9.60. The summed E-state index contributed by atoms with van der Waals surface area (Å²) in [6.45, 7) is 9.52. The van der Waals surface area contributed by atoms with Gasteiger partial charge in [0.15, 0.2) is 0 Å². The molecule has 2 spiro atoms. The van der Waals surface area contributed by atoms with Gasteiger partial charge in [0.1, 0.15) is 0 Å². The summed E-state index contributed by atoms with van der Waals surface area (Å²) in [5, 5.41) is 3.69. The Labute approximate surface area is 172 Å². The second-order valence-corrected chi connectivity index (χ2v) is 9.67. The number of likely N-dealkylation sites (tertiary alicyclic amines) is 2. The minimum Gasteiger partial charge on any atom is -0.356 e. The number of halogens is 1. The number of amides is 2. The zero-order valence-electron chi connectivity index (χ0n) is 16.8. The molecule has 3 heterocycles. The molecule has 1 N–H and O–H groups in total. The molecule has 152 valence electrons. The van der Waals surface area contributed by atoms with Crippen LogP contribution in [0.3, 0.4) is 0 Å². The van der Waals surface area contributed by atoms with Gasteiger partial charge >= 0.3 is 0 Å². The van der Waals surface area contributed by atoms with Crippen LogP contribution in [0.25, 0.3) is 0 Å². The number of benzene rings is 1. The van der Waals surface area contributed by atoms with Gasteiger partial charge in [-0.3, -0.25) is 9.59 Å². The largest absolute Gasteiger partial charge is 0.356 e. The van der Waals surface area contributed by atoms with Gasteiger partial charge in [-0.1, -0.05) is 31.5 Å². The van der Waals surface area contributed by atoms with Gasteiger partial charge in [-0.2, -0.15) is 0 Å². The van der Waals surface area contributed by atoms with Gasteiger partial charge in [0.25, 0.3) is 5.91 Å². The van der Waals surface area contributed by atoms with Crippen LogP contribution in [0.5, 0.6) is 0 Å². The van der Waals surface area contributed by atoms with Crippen LogP contribution in [0.2, 0.25) is 5.02 Å².